The van der Waals surface area contributed by atoms with Crippen molar-refractivity contribution in [3.63, 3.8) is 0 Å². The Hall–Kier alpha value is -2.29. The van der Waals surface area contributed by atoms with Crippen molar-refractivity contribution >= 4 is 34.0 Å². The van der Waals surface area contributed by atoms with E-state index in [-0.39, 0.29) is 24.2 Å². The Balaban J connectivity index is 0.00000363. The molecule has 1 aliphatic rings. The molecule has 0 atom stereocenters. The molecule has 1 fully saturated rings. The molecule has 0 bridgehead atoms. The molecule has 0 aliphatic heterocycles. The predicted octanol–water partition coefficient (Wildman–Crippen LogP) is 3.55. The van der Waals surface area contributed by atoms with Crippen molar-refractivity contribution in [2.75, 3.05) is 25.1 Å². The summed E-state index contributed by atoms with van der Waals surface area (Å²) >= 11 is 0. The molecule has 176 valence electrons. The summed E-state index contributed by atoms with van der Waals surface area (Å²) in [5.41, 5.74) is 3.32. The van der Waals surface area contributed by atoms with E-state index in [9.17, 15) is 13.2 Å². The molecule has 3 N–H and O–H groups in total. The van der Waals surface area contributed by atoms with Gasteiger partial charge in [-0.3, -0.25) is 9.52 Å². The SMILES string of the molecule is CNC1CCC(C(=O)NCc2cc(-c3ccc(NS(C)(=O)=O)cc3)ccc2OC)CC1.Cl. The van der Waals surface area contributed by atoms with Gasteiger partial charge in [0, 0.05) is 29.8 Å². The summed E-state index contributed by atoms with van der Waals surface area (Å²) in [5, 5.41) is 6.36. The van der Waals surface area contributed by atoms with E-state index in [1.807, 2.05) is 37.4 Å². The summed E-state index contributed by atoms with van der Waals surface area (Å²) in [6, 6.07) is 13.5. The number of nitrogens with one attached hydrogen (secondary N) is 3. The summed E-state index contributed by atoms with van der Waals surface area (Å²) in [6.07, 6.45) is 4.98. The first kappa shape index (κ1) is 26.0. The van der Waals surface area contributed by atoms with Gasteiger partial charge < -0.3 is 15.4 Å². The van der Waals surface area contributed by atoms with Crippen LogP contribution in [0.15, 0.2) is 42.5 Å². The molecule has 0 radical (unpaired) electrons. The molecule has 32 heavy (non-hydrogen) atoms. The number of hydrogen-bond acceptors (Lipinski definition) is 5. The van der Waals surface area contributed by atoms with Crippen molar-refractivity contribution in [2.24, 2.45) is 5.92 Å². The second-order valence-corrected chi connectivity index (χ2v) is 9.78. The lowest BCUT2D eigenvalue weighted by atomic mass is 9.85. The van der Waals surface area contributed by atoms with E-state index in [2.05, 4.69) is 15.4 Å². The number of rotatable bonds is 8. The van der Waals surface area contributed by atoms with Gasteiger partial charge >= 0.3 is 0 Å². The third-order valence-corrected chi connectivity index (χ3v) is 6.37. The lowest BCUT2D eigenvalue weighted by molar-refractivity contribution is -0.126. The first-order valence-corrected chi connectivity index (χ1v) is 12.4. The number of benzene rings is 2. The molecule has 0 unspecified atom stereocenters. The fraction of sp³-hybridized carbons (Fsp3) is 0.435. The number of sulfonamides is 1. The monoisotopic (exact) mass is 481 g/mol. The molecular formula is C23H32ClN3O4S. The van der Waals surface area contributed by atoms with Gasteiger partial charge in [0.1, 0.15) is 5.75 Å². The number of carbonyl (C=O) groups excluding carboxylic acids is 1. The first-order chi connectivity index (χ1) is 14.8. The van der Waals surface area contributed by atoms with E-state index in [0.29, 0.717) is 18.3 Å². The number of methoxy groups -OCH3 is 1. The lowest BCUT2D eigenvalue weighted by Crippen LogP contribution is -2.37. The third-order valence-electron chi connectivity index (χ3n) is 5.76. The maximum atomic E-state index is 12.6. The number of anilines is 1. The van der Waals surface area contributed by atoms with Gasteiger partial charge in [-0.05, 0) is 68.1 Å². The van der Waals surface area contributed by atoms with Gasteiger partial charge in [0.25, 0.3) is 0 Å². The zero-order chi connectivity index (χ0) is 22.4. The Morgan fingerprint density at radius 2 is 1.66 bits per heavy atom. The average Bonchev–Trinajstić information content (AvgIpc) is 2.76. The standard InChI is InChI=1S/C23H31N3O4S.ClH/c1-24-20-9-6-17(7-10-20)23(27)25-15-19-14-18(8-13-22(19)30-2)16-4-11-21(12-5-16)26-31(3,28)29;/h4-5,8,11-14,17,20,24,26H,6-7,9-10,15H2,1-3H3,(H,25,27);1H. The summed E-state index contributed by atoms with van der Waals surface area (Å²) in [6.45, 7) is 0.398. The van der Waals surface area contributed by atoms with Crippen LogP contribution < -0.4 is 20.1 Å². The molecule has 2 aromatic carbocycles. The van der Waals surface area contributed by atoms with Crippen molar-refractivity contribution < 1.29 is 17.9 Å². The van der Waals surface area contributed by atoms with Crippen LogP contribution in [0.25, 0.3) is 11.1 Å². The van der Waals surface area contributed by atoms with Gasteiger partial charge in [0.05, 0.1) is 13.4 Å². The van der Waals surface area contributed by atoms with E-state index >= 15 is 0 Å². The molecule has 0 heterocycles. The molecular weight excluding hydrogens is 450 g/mol. The van der Waals surface area contributed by atoms with Crippen LogP contribution in [0.4, 0.5) is 5.69 Å². The maximum absolute atomic E-state index is 12.6. The predicted molar refractivity (Wildman–Crippen MR) is 131 cm³/mol. The molecule has 1 amide bonds. The molecule has 3 rings (SSSR count). The second-order valence-electron chi connectivity index (χ2n) is 8.03. The third kappa shape index (κ3) is 7.12. The highest BCUT2D eigenvalue weighted by atomic mass is 35.5. The van der Waals surface area contributed by atoms with Gasteiger partial charge in [-0.15, -0.1) is 12.4 Å². The van der Waals surface area contributed by atoms with Gasteiger partial charge in [0.15, 0.2) is 0 Å². The van der Waals surface area contributed by atoms with E-state index in [4.69, 9.17) is 4.74 Å². The molecule has 9 heteroatoms. The Bertz CT molecular complexity index is 1000. The number of carbonyl (C=O) groups is 1. The van der Waals surface area contributed by atoms with Crippen LogP contribution >= 0.6 is 12.4 Å². The highest BCUT2D eigenvalue weighted by Crippen LogP contribution is 2.29. The van der Waals surface area contributed by atoms with Gasteiger partial charge in [0.2, 0.25) is 15.9 Å². The van der Waals surface area contributed by atoms with Crippen LogP contribution in [0.5, 0.6) is 5.75 Å². The number of halogens is 1. The quantitative estimate of drug-likeness (QED) is 0.535. The van der Waals surface area contributed by atoms with Crippen LogP contribution in [0, 0.1) is 5.92 Å². The molecule has 1 aliphatic carbocycles. The molecule has 2 aromatic rings. The summed E-state index contributed by atoms with van der Waals surface area (Å²) in [7, 11) is 0.278. The minimum atomic E-state index is -3.31. The van der Waals surface area contributed by atoms with E-state index in [1.165, 1.54) is 0 Å². The largest absolute Gasteiger partial charge is 0.496 e. The summed E-state index contributed by atoms with van der Waals surface area (Å²) in [5.74, 6) is 0.880. The van der Waals surface area contributed by atoms with Crippen LogP contribution in [0.2, 0.25) is 0 Å². The zero-order valence-corrected chi connectivity index (χ0v) is 20.3. The molecule has 0 aromatic heterocycles. The van der Waals surface area contributed by atoms with Gasteiger partial charge in [-0.1, -0.05) is 18.2 Å². The molecule has 0 spiro atoms. The second kappa shape index (κ2) is 11.5. The van der Waals surface area contributed by atoms with Crippen molar-refractivity contribution in [3.8, 4) is 16.9 Å². The van der Waals surface area contributed by atoms with Crippen molar-refractivity contribution in [2.45, 2.75) is 38.3 Å². The van der Waals surface area contributed by atoms with Crippen molar-refractivity contribution in [3.05, 3.63) is 48.0 Å². The fourth-order valence-corrected chi connectivity index (χ4v) is 4.58. The summed E-state index contributed by atoms with van der Waals surface area (Å²) in [4.78, 5) is 12.6. The maximum Gasteiger partial charge on any atom is 0.229 e. The highest BCUT2D eigenvalue weighted by molar-refractivity contribution is 7.92. The van der Waals surface area contributed by atoms with E-state index in [0.717, 1.165) is 54.4 Å². The molecule has 7 nitrogen and oxygen atoms in total. The fourth-order valence-electron chi connectivity index (χ4n) is 4.01. The Kier molecular flexibility index (Phi) is 9.36. The number of amides is 1. The Morgan fingerprint density at radius 1 is 1.03 bits per heavy atom. The van der Waals surface area contributed by atoms with Crippen LogP contribution in [0.1, 0.15) is 31.2 Å². The topological polar surface area (TPSA) is 96.5 Å². The van der Waals surface area contributed by atoms with Crippen LogP contribution in [-0.2, 0) is 21.4 Å². The van der Waals surface area contributed by atoms with E-state index < -0.39 is 10.0 Å². The van der Waals surface area contributed by atoms with Crippen molar-refractivity contribution in [1.82, 2.24) is 10.6 Å². The van der Waals surface area contributed by atoms with Crippen molar-refractivity contribution in [1.29, 1.82) is 0 Å². The van der Waals surface area contributed by atoms with E-state index in [1.54, 1.807) is 19.2 Å². The minimum Gasteiger partial charge on any atom is -0.496 e. The normalized spacial score (nSPS) is 18.3. The van der Waals surface area contributed by atoms with Gasteiger partial charge in [-0.2, -0.15) is 0 Å². The van der Waals surface area contributed by atoms with Gasteiger partial charge in [-0.25, -0.2) is 8.42 Å². The number of hydrogen-bond donors (Lipinski definition) is 3. The smallest absolute Gasteiger partial charge is 0.229 e. The molecule has 1 saturated carbocycles. The van der Waals surface area contributed by atoms with Crippen LogP contribution in [0.3, 0.4) is 0 Å². The Labute approximate surface area is 196 Å². The first-order valence-electron chi connectivity index (χ1n) is 10.5. The number of ether oxygens (including phenoxy) is 1. The zero-order valence-electron chi connectivity index (χ0n) is 18.7. The molecule has 0 saturated heterocycles. The van der Waals surface area contributed by atoms with Crippen LogP contribution in [-0.4, -0.2) is 40.8 Å². The lowest BCUT2D eigenvalue weighted by Gasteiger charge is -2.27. The summed E-state index contributed by atoms with van der Waals surface area (Å²) < 4.78 is 30.7. The average molecular weight is 482 g/mol. The Morgan fingerprint density at radius 3 is 2.22 bits per heavy atom. The highest BCUT2D eigenvalue weighted by Gasteiger charge is 2.25. The minimum absolute atomic E-state index is 0.